The molecule has 0 aliphatic heterocycles. The Hall–Kier alpha value is -2.46. The van der Waals surface area contributed by atoms with Gasteiger partial charge in [0.15, 0.2) is 11.2 Å². The van der Waals surface area contributed by atoms with Crippen LogP contribution in [0, 0.1) is 11.8 Å². The van der Waals surface area contributed by atoms with Crippen molar-refractivity contribution in [3.8, 4) is 0 Å². The summed E-state index contributed by atoms with van der Waals surface area (Å²) in [6.45, 7) is 4.06. The molecule has 0 saturated heterocycles. The van der Waals surface area contributed by atoms with Crippen LogP contribution in [-0.2, 0) is 16.1 Å². The number of aliphatic hydroxyl groups excluding tert-OH is 1. The normalized spacial score (nSPS) is 14.0. The van der Waals surface area contributed by atoms with E-state index in [1.54, 1.807) is 4.57 Å². The van der Waals surface area contributed by atoms with Crippen LogP contribution < -0.4 is 17.0 Å². The van der Waals surface area contributed by atoms with Gasteiger partial charge in [-0.15, -0.1) is 0 Å². The van der Waals surface area contributed by atoms with E-state index in [4.69, 9.17) is 16.2 Å². The zero-order chi connectivity index (χ0) is 18.6. The quantitative estimate of drug-likeness (QED) is 0.450. The molecule has 0 aliphatic rings. The third-order valence-electron chi connectivity index (χ3n) is 3.94. The number of hydrogen-bond acceptors (Lipinski definition) is 8. The lowest BCUT2D eigenvalue weighted by molar-refractivity contribution is -0.148. The number of nitrogens with zero attached hydrogens (tertiary/aromatic N) is 3. The largest absolute Gasteiger partial charge is 0.464 e. The van der Waals surface area contributed by atoms with Crippen LogP contribution in [0.1, 0.15) is 20.3 Å². The van der Waals surface area contributed by atoms with Gasteiger partial charge in [0, 0.05) is 19.1 Å². The highest BCUT2D eigenvalue weighted by Gasteiger charge is 2.21. The van der Waals surface area contributed by atoms with Gasteiger partial charge in [-0.2, -0.15) is 4.98 Å². The van der Waals surface area contributed by atoms with Crippen molar-refractivity contribution >= 4 is 23.1 Å². The van der Waals surface area contributed by atoms with Crippen molar-refractivity contribution in [2.45, 2.75) is 32.9 Å². The number of ether oxygens (including phenoxy) is 1. The van der Waals surface area contributed by atoms with E-state index < -0.39 is 17.6 Å². The van der Waals surface area contributed by atoms with Crippen LogP contribution in [0.3, 0.4) is 0 Å². The Morgan fingerprint density at radius 2 is 2.20 bits per heavy atom. The van der Waals surface area contributed by atoms with Crippen molar-refractivity contribution in [1.29, 1.82) is 0 Å². The molecule has 2 aromatic heterocycles. The molecule has 10 heteroatoms. The highest BCUT2D eigenvalue weighted by molar-refractivity contribution is 5.75. The Kier molecular flexibility index (Phi) is 6.10. The molecule has 10 nitrogen and oxygen atoms in total. The van der Waals surface area contributed by atoms with E-state index in [2.05, 4.69) is 15.0 Å². The van der Waals surface area contributed by atoms with Crippen molar-refractivity contribution in [3.63, 3.8) is 0 Å². The first-order chi connectivity index (χ1) is 11.8. The molecular weight excluding hydrogens is 328 g/mol. The summed E-state index contributed by atoms with van der Waals surface area (Å²) in [4.78, 5) is 34.2. The molecule has 0 saturated carbocycles. The van der Waals surface area contributed by atoms with Crippen LogP contribution in [-0.4, -0.2) is 49.9 Å². The Balaban J connectivity index is 2.11. The number of aliphatic hydroxyl groups is 1. The van der Waals surface area contributed by atoms with Gasteiger partial charge in [0.25, 0.3) is 5.56 Å². The predicted octanol–water partition coefficient (Wildman–Crippen LogP) is -0.773. The number of H-pyrrole nitrogens is 1. The minimum atomic E-state index is -0.691. The summed E-state index contributed by atoms with van der Waals surface area (Å²) < 4.78 is 6.92. The maximum atomic E-state index is 11.9. The van der Waals surface area contributed by atoms with E-state index in [0.717, 1.165) is 0 Å². The van der Waals surface area contributed by atoms with Gasteiger partial charge < -0.3 is 25.9 Å². The number of anilines is 1. The second-order valence-electron chi connectivity index (χ2n) is 6.30. The number of nitrogens with two attached hydrogens (primary N) is 2. The molecule has 0 unspecified atom stereocenters. The number of aromatic amines is 1. The van der Waals surface area contributed by atoms with Gasteiger partial charge in [-0.05, 0) is 12.3 Å². The van der Waals surface area contributed by atoms with E-state index in [9.17, 15) is 14.7 Å². The zero-order valence-corrected chi connectivity index (χ0v) is 14.3. The van der Waals surface area contributed by atoms with Crippen molar-refractivity contribution in [2.24, 2.45) is 17.6 Å². The van der Waals surface area contributed by atoms with Crippen molar-refractivity contribution < 1.29 is 14.6 Å². The lowest BCUT2D eigenvalue weighted by Gasteiger charge is -2.19. The Labute approximate surface area is 144 Å². The number of nitrogens with one attached hydrogen (secondary N) is 1. The highest BCUT2D eigenvalue weighted by atomic mass is 16.5. The number of fused-ring (bicyclic) bond motifs is 1. The summed E-state index contributed by atoms with van der Waals surface area (Å²) in [6, 6.07) is -0.691. The van der Waals surface area contributed by atoms with Crippen LogP contribution >= 0.6 is 0 Å². The minimum Gasteiger partial charge on any atom is -0.464 e. The molecule has 0 bridgehead atoms. The molecule has 2 heterocycles. The summed E-state index contributed by atoms with van der Waals surface area (Å²) in [7, 11) is 0. The molecule has 2 atom stereocenters. The number of carbonyl (C=O) groups excluding carboxylic acids is 1. The third kappa shape index (κ3) is 4.54. The van der Waals surface area contributed by atoms with E-state index in [1.165, 1.54) is 6.33 Å². The average Bonchev–Trinajstić information content (AvgIpc) is 2.94. The first kappa shape index (κ1) is 18.9. The van der Waals surface area contributed by atoms with E-state index in [-0.39, 0.29) is 36.5 Å². The molecule has 0 aliphatic carbocycles. The molecule has 2 rings (SSSR count). The van der Waals surface area contributed by atoms with Gasteiger partial charge in [0.1, 0.15) is 6.04 Å². The summed E-state index contributed by atoms with van der Waals surface area (Å²) in [6.07, 6.45) is 1.88. The van der Waals surface area contributed by atoms with Crippen molar-refractivity contribution in [1.82, 2.24) is 19.5 Å². The molecule has 2 aromatic rings. The highest BCUT2D eigenvalue weighted by Crippen LogP contribution is 2.13. The standard InChI is InChI=1S/C15H24N6O4/c1-8(2)10(16)14(24)25-6-9(3-4-22)5-21-7-18-11-12(21)19-15(17)20-13(11)23/h7-10,22H,3-6,16H2,1-2H3,(H3,17,19,20,23)/t9-,10+/m1/s1. The van der Waals surface area contributed by atoms with Crippen LogP contribution in [0.25, 0.3) is 11.2 Å². The van der Waals surface area contributed by atoms with E-state index in [1.807, 2.05) is 13.8 Å². The Bertz CT molecular complexity index is 784. The second-order valence-corrected chi connectivity index (χ2v) is 6.30. The average molecular weight is 352 g/mol. The number of imidazole rings is 1. The predicted molar refractivity (Wildman–Crippen MR) is 91.5 cm³/mol. The monoisotopic (exact) mass is 352 g/mol. The number of hydrogen-bond donors (Lipinski definition) is 4. The molecule has 25 heavy (non-hydrogen) atoms. The van der Waals surface area contributed by atoms with Crippen LogP contribution in [0.5, 0.6) is 0 Å². The molecule has 0 aromatic carbocycles. The lowest BCUT2D eigenvalue weighted by Crippen LogP contribution is -2.38. The van der Waals surface area contributed by atoms with Gasteiger partial charge in [0.05, 0.1) is 12.9 Å². The van der Waals surface area contributed by atoms with Gasteiger partial charge >= 0.3 is 5.97 Å². The molecule has 6 N–H and O–H groups in total. The number of rotatable bonds is 8. The number of esters is 1. The van der Waals surface area contributed by atoms with Gasteiger partial charge in [0.2, 0.25) is 5.95 Å². The fraction of sp³-hybridized carbons (Fsp3) is 0.600. The Morgan fingerprint density at radius 1 is 1.48 bits per heavy atom. The maximum absolute atomic E-state index is 11.9. The summed E-state index contributed by atoms with van der Waals surface area (Å²) in [5, 5.41) is 9.25. The van der Waals surface area contributed by atoms with Gasteiger partial charge in [-0.25, -0.2) is 4.98 Å². The molecule has 0 amide bonds. The SMILES string of the molecule is CC(C)[C@H](N)C(=O)OC[C@H](CCO)Cn1cnc2c(=O)[nH]c(N)nc21. The molecule has 0 radical (unpaired) electrons. The lowest BCUT2D eigenvalue weighted by atomic mass is 10.1. The Morgan fingerprint density at radius 3 is 2.84 bits per heavy atom. The van der Waals surface area contributed by atoms with Crippen molar-refractivity contribution in [3.05, 3.63) is 16.7 Å². The van der Waals surface area contributed by atoms with Crippen LogP contribution in [0.2, 0.25) is 0 Å². The summed E-state index contributed by atoms with van der Waals surface area (Å²) in [5.74, 6) is -0.701. The van der Waals surface area contributed by atoms with E-state index >= 15 is 0 Å². The first-order valence-corrected chi connectivity index (χ1v) is 8.07. The topological polar surface area (TPSA) is 162 Å². The number of aromatic nitrogens is 4. The second kappa shape index (κ2) is 8.08. The maximum Gasteiger partial charge on any atom is 0.323 e. The summed E-state index contributed by atoms with van der Waals surface area (Å²) in [5.41, 5.74) is 11.4. The van der Waals surface area contributed by atoms with Crippen LogP contribution in [0.15, 0.2) is 11.1 Å². The van der Waals surface area contributed by atoms with Gasteiger partial charge in [-0.1, -0.05) is 13.8 Å². The zero-order valence-electron chi connectivity index (χ0n) is 14.3. The smallest absolute Gasteiger partial charge is 0.323 e. The third-order valence-corrected chi connectivity index (χ3v) is 3.94. The fourth-order valence-corrected chi connectivity index (χ4v) is 2.36. The molecule has 0 spiro atoms. The number of carbonyl (C=O) groups is 1. The number of nitrogen functional groups attached to an aromatic ring is 1. The molecule has 0 fully saturated rings. The van der Waals surface area contributed by atoms with Gasteiger partial charge in [-0.3, -0.25) is 14.6 Å². The fourth-order valence-electron chi connectivity index (χ4n) is 2.36. The van der Waals surface area contributed by atoms with E-state index in [0.29, 0.717) is 18.6 Å². The van der Waals surface area contributed by atoms with Crippen LogP contribution in [0.4, 0.5) is 5.95 Å². The summed E-state index contributed by atoms with van der Waals surface area (Å²) >= 11 is 0. The molecule has 138 valence electrons. The molecular formula is C15H24N6O4. The minimum absolute atomic E-state index is 0.00714. The van der Waals surface area contributed by atoms with Crippen molar-refractivity contribution in [2.75, 3.05) is 18.9 Å². The first-order valence-electron chi connectivity index (χ1n) is 8.07.